The number of benzene rings is 1. The number of hydrogen-bond acceptors (Lipinski definition) is 4. The molecule has 0 amide bonds. The maximum atomic E-state index is 6.21. The zero-order valence-corrected chi connectivity index (χ0v) is 11.5. The van der Waals surface area contributed by atoms with Gasteiger partial charge in [-0.05, 0) is 44.5 Å². The van der Waals surface area contributed by atoms with Crippen molar-refractivity contribution >= 4 is 0 Å². The standard InChI is InChI=1S/C15H19N3O/c1-10(2)19-13-6-4-12(5-7-13)15(16)14-8-9-17-11(3)18-14/h4-10,15H,16H2,1-3H3. The average Bonchev–Trinajstić information content (AvgIpc) is 2.38. The lowest BCUT2D eigenvalue weighted by molar-refractivity contribution is 0.242. The lowest BCUT2D eigenvalue weighted by Crippen LogP contribution is -2.14. The van der Waals surface area contributed by atoms with E-state index in [0.29, 0.717) is 0 Å². The molecule has 0 aliphatic heterocycles. The molecular formula is C15H19N3O. The molecule has 1 heterocycles. The Morgan fingerprint density at radius 1 is 1.11 bits per heavy atom. The molecule has 19 heavy (non-hydrogen) atoms. The molecule has 1 aromatic carbocycles. The summed E-state index contributed by atoms with van der Waals surface area (Å²) in [6.45, 7) is 5.86. The SMILES string of the molecule is Cc1nccc(C(N)c2ccc(OC(C)C)cc2)n1. The summed E-state index contributed by atoms with van der Waals surface area (Å²) in [6, 6.07) is 9.41. The molecule has 0 aliphatic rings. The Morgan fingerprint density at radius 3 is 2.37 bits per heavy atom. The molecule has 100 valence electrons. The minimum Gasteiger partial charge on any atom is -0.491 e. The molecule has 1 unspecified atom stereocenters. The van der Waals surface area contributed by atoms with E-state index in [1.165, 1.54) is 0 Å². The van der Waals surface area contributed by atoms with Crippen LogP contribution in [0.25, 0.3) is 0 Å². The van der Waals surface area contributed by atoms with E-state index in [0.717, 1.165) is 22.8 Å². The number of rotatable bonds is 4. The maximum Gasteiger partial charge on any atom is 0.125 e. The highest BCUT2D eigenvalue weighted by molar-refractivity contribution is 5.32. The topological polar surface area (TPSA) is 61.0 Å². The number of hydrogen-bond donors (Lipinski definition) is 1. The number of aromatic nitrogens is 2. The second-order valence-electron chi connectivity index (χ2n) is 4.74. The quantitative estimate of drug-likeness (QED) is 0.914. The van der Waals surface area contributed by atoms with Crippen molar-refractivity contribution in [3.8, 4) is 5.75 Å². The lowest BCUT2D eigenvalue weighted by Gasteiger charge is -2.14. The highest BCUT2D eigenvalue weighted by atomic mass is 16.5. The van der Waals surface area contributed by atoms with Gasteiger partial charge in [-0.3, -0.25) is 0 Å². The molecule has 0 spiro atoms. The van der Waals surface area contributed by atoms with Crippen LogP contribution in [0.5, 0.6) is 5.75 Å². The van der Waals surface area contributed by atoms with Crippen LogP contribution in [0.2, 0.25) is 0 Å². The highest BCUT2D eigenvalue weighted by Gasteiger charge is 2.11. The molecule has 1 aromatic heterocycles. The van der Waals surface area contributed by atoms with Gasteiger partial charge < -0.3 is 10.5 Å². The molecule has 4 nitrogen and oxygen atoms in total. The molecule has 2 rings (SSSR count). The van der Waals surface area contributed by atoms with E-state index >= 15 is 0 Å². The van der Waals surface area contributed by atoms with Crippen LogP contribution in [-0.2, 0) is 0 Å². The van der Waals surface area contributed by atoms with Gasteiger partial charge in [0.15, 0.2) is 0 Å². The van der Waals surface area contributed by atoms with E-state index < -0.39 is 0 Å². The summed E-state index contributed by atoms with van der Waals surface area (Å²) in [5.74, 6) is 1.58. The van der Waals surface area contributed by atoms with Crippen LogP contribution in [0.15, 0.2) is 36.5 Å². The average molecular weight is 257 g/mol. The molecular weight excluding hydrogens is 238 g/mol. The largest absolute Gasteiger partial charge is 0.491 e. The lowest BCUT2D eigenvalue weighted by atomic mass is 10.0. The molecule has 0 saturated carbocycles. The smallest absolute Gasteiger partial charge is 0.125 e. The summed E-state index contributed by atoms with van der Waals surface area (Å²) in [5, 5.41) is 0. The predicted octanol–water partition coefficient (Wildman–Crippen LogP) is 2.62. The summed E-state index contributed by atoms with van der Waals surface area (Å²) in [5.41, 5.74) is 8.04. The second-order valence-corrected chi connectivity index (χ2v) is 4.74. The summed E-state index contributed by atoms with van der Waals surface area (Å²) >= 11 is 0. The summed E-state index contributed by atoms with van der Waals surface area (Å²) in [6.07, 6.45) is 1.90. The van der Waals surface area contributed by atoms with Crippen molar-refractivity contribution < 1.29 is 4.74 Å². The van der Waals surface area contributed by atoms with Gasteiger partial charge in [-0.15, -0.1) is 0 Å². The molecule has 2 N–H and O–H groups in total. The normalized spacial score (nSPS) is 12.5. The third-order valence-electron chi connectivity index (χ3n) is 2.73. The van der Waals surface area contributed by atoms with Crippen molar-refractivity contribution in [3.05, 3.63) is 53.6 Å². The maximum absolute atomic E-state index is 6.21. The first-order valence-electron chi connectivity index (χ1n) is 6.38. The third kappa shape index (κ3) is 3.51. The van der Waals surface area contributed by atoms with Crippen LogP contribution in [0.4, 0.5) is 0 Å². The van der Waals surface area contributed by atoms with Crippen molar-refractivity contribution in [3.63, 3.8) is 0 Å². The van der Waals surface area contributed by atoms with Gasteiger partial charge in [0.2, 0.25) is 0 Å². The summed E-state index contributed by atoms with van der Waals surface area (Å²) < 4.78 is 5.61. The molecule has 0 fully saturated rings. The Labute approximate surface area is 113 Å². The van der Waals surface area contributed by atoms with Crippen molar-refractivity contribution in [2.45, 2.75) is 32.9 Å². The van der Waals surface area contributed by atoms with Gasteiger partial charge in [0.05, 0.1) is 17.8 Å². The van der Waals surface area contributed by atoms with Gasteiger partial charge in [-0.2, -0.15) is 0 Å². The molecule has 2 aromatic rings. The van der Waals surface area contributed by atoms with E-state index in [4.69, 9.17) is 10.5 Å². The summed E-state index contributed by atoms with van der Waals surface area (Å²) in [7, 11) is 0. The molecule has 0 bridgehead atoms. The van der Waals surface area contributed by atoms with Crippen molar-refractivity contribution in [2.75, 3.05) is 0 Å². The van der Waals surface area contributed by atoms with Crippen LogP contribution in [-0.4, -0.2) is 16.1 Å². The van der Waals surface area contributed by atoms with E-state index in [1.807, 2.05) is 51.1 Å². The van der Waals surface area contributed by atoms with Gasteiger partial charge in [-0.1, -0.05) is 12.1 Å². The first-order valence-corrected chi connectivity index (χ1v) is 6.38. The van der Waals surface area contributed by atoms with E-state index in [9.17, 15) is 0 Å². The van der Waals surface area contributed by atoms with Crippen LogP contribution in [0.1, 0.15) is 37.0 Å². The fraction of sp³-hybridized carbons (Fsp3) is 0.333. The zero-order chi connectivity index (χ0) is 13.8. The first-order chi connectivity index (χ1) is 9.06. The zero-order valence-electron chi connectivity index (χ0n) is 11.5. The fourth-order valence-corrected chi connectivity index (χ4v) is 1.84. The van der Waals surface area contributed by atoms with Crippen LogP contribution in [0.3, 0.4) is 0 Å². The molecule has 4 heteroatoms. The van der Waals surface area contributed by atoms with Crippen LogP contribution >= 0.6 is 0 Å². The minimum absolute atomic E-state index is 0.170. The van der Waals surface area contributed by atoms with Gasteiger partial charge in [-0.25, -0.2) is 9.97 Å². The van der Waals surface area contributed by atoms with E-state index in [1.54, 1.807) is 6.20 Å². The molecule has 0 saturated heterocycles. The van der Waals surface area contributed by atoms with Crippen molar-refractivity contribution in [1.29, 1.82) is 0 Å². The fourth-order valence-electron chi connectivity index (χ4n) is 1.84. The minimum atomic E-state index is -0.241. The number of ether oxygens (including phenoxy) is 1. The predicted molar refractivity (Wildman–Crippen MR) is 75.0 cm³/mol. The van der Waals surface area contributed by atoms with Crippen LogP contribution < -0.4 is 10.5 Å². The van der Waals surface area contributed by atoms with Gasteiger partial charge >= 0.3 is 0 Å². The Balaban J connectivity index is 2.17. The number of aryl methyl sites for hydroxylation is 1. The van der Waals surface area contributed by atoms with E-state index in [-0.39, 0.29) is 12.1 Å². The van der Waals surface area contributed by atoms with Crippen LogP contribution in [0, 0.1) is 6.92 Å². The Morgan fingerprint density at radius 2 is 1.79 bits per heavy atom. The second kappa shape index (κ2) is 5.80. The van der Waals surface area contributed by atoms with Gasteiger partial charge in [0.1, 0.15) is 11.6 Å². The van der Waals surface area contributed by atoms with Gasteiger partial charge in [0.25, 0.3) is 0 Å². The van der Waals surface area contributed by atoms with E-state index in [2.05, 4.69) is 9.97 Å². The molecule has 0 radical (unpaired) electrons. The number of nitrogens with zero attached hydrogens (tertiary/aromatic N) is 2. The number of nitrogens with two attached hydrogens (primary N) is 1. The third-order valence-corrected chi connectivity index (χ3v) is 2.73. The first kappa shape index (κ1) is 13.5. The Hall–Kier alpha value is -1.94. The highest BCUT2D eigenvalue weighted by Crippen LogP contribution is 2.21. The van der Waals surface area contributed by atoms with Crippen molar-refractivity contribution in [1.82, 2.24) is 9.97 Å². The summed E-state index contributed by atoms with van der Waals surface area (Å²) in [4.78, 5) is 8.43. The molecule has 0 aliphatic carbocycles. The van der Waals surface area contributed by atoms with Crippen molar-refractivity contribution in [2.24, 2.45) is 5.73 Å². The molecule has 1 atom stereocenters. The van der Waals surface area contributed by atoms with Gasteiger partial charge in [0, 0.05) is 6.20 Å². The monoisotopic (exact) mass is 257 g/mol. The Bertz CT molecular complexity index is 537. The Kier molecular flexibility index (Phi) is 4.12.